The van der Waals surface area contributed by atoms with Crippen molar-refractivity contribution in [1.29, 1.82) is 0 Å². The molecule has 0 spiro atoms. The lowest BCUT2D eigenvalue weighted by molar-refractivity contribution is -0.140. The van der Waals surface area contributed by atoms with Crippen LogP contribution in [0, 0.1) is 18.8 Å². The number of alkyl halides is 3. The second-order valence-electron chi connectivity index (χ2n) is 7.16. The number of nitrogen functional groups attached to an aromatic ring is 1. The average Bonchev–Trinajstić information content (AvgIpc) is 3.24. The SMILES string of the molecule is Cc1nc(N)c2nc(-c3cccc(C#C[C@](C)(O)c4nc(C(F)(F)F)cs4)c3)ccc2n1.S. The van der Waals surface area contributed by atoms with Gasteiger partial charge in [-0.15, -0.1) is 11.3 Å². The molecule has 0 saturated heterocycles. The first kappa shape index (κ1) is 24.4. The summed E-state index contributed by atoms with van der Waals surface area (Å²) in [5.41, 5.74) is 6.11. The fourth-order valence-corrected chi connectivity index (χ4v) is 3.79. The lowest BCUT2D eigenvalue weighted by Crippen LogP contribution is -2.19. The zero-order valence-corrected chi connectivity index (χ0v) is 19.2. The lowest BCUT2D eigenvalue weighted by Gasteiger charge is -2.12. The molecule has 4 aromatic rings. The van der Waals surface area contributed by atoms with Crippen LogP contribution >= 0.6 is 24.8 Å². The minimum absolute atomic E-state index is 0. The summed E-state index contributed by atoms with van der Waals surface area (Å²) in [6, 6.07) is 10.7. The number of halogens is 3. The van der Waals surface area contributed by atoms with Crippen LogP contribution in [0.2, 0.25) is 0 Å². The molecule has 0 aliphatic carbocycles. The van der Waals surface area contributed by atoms with Crippen LogP contribution in [0.25, 0.3) is 22.3 Å². The van der Waals surface area contributed by atoms with Gasteiger partial charge in [0.25, 0.3) is 0 Å². The molecular weight excluding hydrogens is 471 g/mol. The lowest BCUT2D eigenvalue weighted by atomic mass is 10.1. The van der Waals surface area contributed by atoms with Crippen molar-refractivity contribution in [3.63, 3.8) is 0 Å². The number of nitrogens with two attached hydrogens (primary N) is 1. The monoisotopic (exact) mass is 489 g/mol. The molecule has 3 N–H and O–H groups in total. The molecule has 4 rings (SSSR count). The van der Waals surface area contributed by atoms with Crippen LogP contribution in [0.15, 0.2) is 41.8 Å². The Balaban J connectivity index is 0.00000306. The van der Waals surface area contributed by atoms with E-state index in [1.54, 1.807) is 37.3 Å². The number of benzene rings is 1. The molecule has 0 amide bonds. The zero-order chi connectivity index (χ0) is 23.1. The standard InChI is InChI=1S/C22H16F3N5OS.H2S/c1-12-27-16-7-6-15(29-18(16)19(26)28-12)14-5-3-4-13(10-14)8-9-21(2,31)20-30-17(11-32-20)22(23,24)25;/h3-7,10-11,31H,1-2H3,(H2,26,27,28);1H2/t21-;/m0./s1. The molecule has 0 aliphatic rings. The second-order valence-corrected chi connectivity index (χ2v) is 8.02. The van der Waals surface area contributed by atoms with Crippen molar-refractivity contribution in [3.05, 3.63) is 63.9 Å². The average molecular weight is 490 g/mol. The van der Waals surface area contributed by atoms with E-state index < -0.39 is 17.5 Å². The number of fused-ring (bicyclic) bond motifs is 1. The largest absolute Gasteiger partial charge is 0.434 e. The van der Waals surface area contributed by atoms with Crippen LogP contribution in [0.4, 0.5) is 19.0 Å². The molecule has 0 aliphatic heterocycles. The van der Waals surface area contributed by atoms with Gasteiger partial charge < -0.3 is 10.8 Å². The normalized spacial score (nSPS) is 13.0. The molecule has 0 saturated carbocycles. The predicted molar refractivity (Wildman–Crippen MR) is 126 cm³/mol. The molecule has 1 aromatic carbocycles. The maximum Gasteiger partial charge on any atom is 0.434 e. The van der Waals surface area contributed by atoms with E-state index in [-0.39, 0.29) is 24.3 Å². The predicted octanol–water partition coefficient (Wildman–Crippen LogP) is 4.43. The Morgan fingerprint density at radius 1 is 1.06 bits per heavy atom. The molecule has 0 fully saturated rings. The quantitative estimate of drug-likeness (QED) is 0.405. The van der Waals surface area contributed by atoms with E-state index in [9.17, 15) is 18.3 Å². The van der Waals surface area contributed by atoms with Gasteiger partial charge in [-0.3, -0.25) is 0 Å². The first-order chi connectivity index (χ1) is 15.0. The van der Waals surface area contributed by atoms with Gasteiger partial charge in [-0.05, 0) is 38.1 Å². The van der Waals surface area contributed by atoms with Gasteiger partial charge in [-0.25, -0.2) is 19.9 Å². The molecule has 33 heavy (non-hydrogen) atoms. The fourth-order valence-electron chi connectivity index (χ4n) is 2.95. The second kappa shape index (κ2) is 8.97. The number of hydrogen-bond acceptors (Lipinski definition) is 7. The van der Waals surface area contributed by atoms with Gasteiger partial charge in [0.1, 0.15) is 16.3 Å². The minimum atomic E-state index is -4.58. The number of anilines is 1. The zero-order valence-electron chi connectivity index (χ0n) is 17.4. The van der Waals surface area contributed by atoms with Gasteiger partial charge in [-0.2, -0.15) is 26.7 Å². The van der Waals surface area contributed by atoms with E-state index in [0.29, 0.717) is 39.5 Å². The Labute approximate surface area is 198 Å². The molecule has 3 heterocycles. The van der Waals surface area contributed by atoms with E-state index in [1.165, 1.54) is 6.92 Å². The summed E-state index contributed by atoms with van der Waals surface area (Å²) in [6.07, 6.45) is -4.58. The molecule has 11 heteroatoms. The topological polar surface area (TPSA) is 97.8 Å². The number of thiazole rings is 1. The first-order valence-electron chi connectivity index (χ1n) is 9.33. The smallest absolute Gasteiger partial charge is 0.382 e. The summed E-state index contributed by atoms with van der Waals surface area (Å²) >= 11 is 0.705. The maximum atomic E-state index is 12.8. The van der Waals surface area contributed by atoms with Gasteiger partial charge in [-0.1, -0.05) is 24.0 Å². The number of nitrogens with zero attached hydrogens (tertiary/aromatic N) is 4. The summed E-state index contributed by atoms with van der Waals surface area (Å²) in [7, 11) is 0. The van der Waals surface area contributed by atoms with Gasteiger partial charge in [0.15, 0.2) is 17.1 Å². The third-order valence-corrected chi connectivity index (χ3v) is 5.55. The summed E-state index contributed by atoms with van der Waals surface area (Å²) in [4.78, 5) is 16.5. The van der Waals surface area contributed by atoms with Crippen molar-refractivity contribution in [2.45, 2.75) is 25.6 Å². The number of pyridine rings is 1. The van der Waals surface area contributed by atoms with Gasteiger partial charge in [0.05, 0.1) is 11.2 Å². The maximum absolute atomic E-state index is 12.8. The Bertz CT molecular complexity index is 1390. The Morgan fingerprint density at radius 3 is 2.52 bits per heavy atom. The molecule has 0 bridgehead atoms. The van der Waals surface area contributed by atoms with E-state index in [0.717, 1.165) is 10.9 Å². The van der Waals surface area contributed by atoms with Crippen LogP contribution in [0.1, 0.15) is 29.0 Å². The molecule has 0 radical (unpaired) electrons. The van der Waals surface area contributed by atoms with E-state index in [4.69, 9.17) is 5.73 Å². The first-order valence-corrected chi connectivity index (χ1v) is 10.2. The van der Waals surface area contributed by atoms with E-state index in [1.807, 2.05) is 6.07 Å². The van der Waals surface area contributed by atoms with E-state index >= 15 is 0 Å². The van der Waals surface area contributed by atoms with Crippen molar-refractivity contribution in [2.75, 3.05) is 5.73 Å². The van der Waals surface area contributed by atoms with Crippen molar-refractivity contribution in [2.24, 2.45) is 0 Å². The summed E-state index contributed by atoms with van der Waals surface area (Å²) < 4.78 is 38.4. The molecule has 1 atom stereocenters. The van der Waals surface area contributed by atoms with Gasteiger partial charge in [0.2, 0.25) is 0 Å². The van der Waals surface area contributed by atoms with Crippen LogP contribution < -0.4 is 5.73 Å². The van der Waals surface area contributed by atoms with Crippen molar-refractivity contribution in [1.82, 2.24) is 19.9 Å². The van der Waals surface area contributed by atoms with Crippen LogP contribution in [0.5, 0.6) is 0 Å². The number of aryl methyl sites for hydroxylation is 1. The number of hydrogen-bond donors (Lipinski definition) is 2. The summed E-state index contributed by atoms with van der Waals surface area (Å²) in [6.45, 7) is 3.05. The van der Waals surface area contributed by atoms with Crippen LogP contribution in [-0.2, 0) is 11.8 Å². The highest BCUT2D eigenvalue weighted by atomic mass is 32.1. The molecule has 6 nitrogen and oxygen atoms in total. The third kappa shape index (κ3) is 5.24. The minimum Gasteiger partial charge on any atom is -0.382 e. The number of aromatic nitrogens is 4. The van der Waals surface area contributed by atoms with Crippen molar-refractivity contribution in [3.8, 4) is 23.1 Å². The Kier molecular flexibility index (Phi) is 6.65. The van der Waals surface area contributed by atoms with Gasteiger partial charge in [0, 0.05) is 16.5 Å². The number of aliphatic hydroxyl groups is 1. The highest BCUT2D eigenvalue weighted by molar-refractivity contribution is 7.59. The van der Waals surface area contributed by atoms with Crippen LogP contribution in [-0.4, -0.2) is 25.0 Å². The van der Waals surface area contributed by atoms with E-state index in [2.05, 4.69) is 31.8 Å². The third-order valence-electron chi connectivity index (χ3n) is 4.50. The van der Waals surface area contributed by atoms with Crippen molar-refractivity contribution < 1.29 is 18.3 Å². The van der Waals surface area contributed by atoms with Gasteiger partial charge >= 0.3 is 6.18 Å². The molecule has 3 aromatic heterocycles. The number of rotatable bonds is 2. The molecular formula is C22H18F3N5OS2. The highest BCUT2D eigenvalue weighted by Crippen LogP contribution is 2.33. The fraction of sp³-hybridized carbons (Fsp3) is 0.182. The Hall–Kier alpha value is -3.20. The van der Waals surface area contributed by atoms with Crippen LogP contribution in [0.3, 0.4) is 0 Å². The molecule has 170 valence electrons. The van der Waals surface area contributed by atoms with Crippen molar-refractivity contribution >= 4 is 41.7 Å². The summed E-state index contributed by atoms with van der Waals surface area (Å²) in [5, 5.41) is 11.3. The molecule has 0 unspecified atom stereocenters. The highest BCUT2D eigenvalue weighted by Gasteiger charge is 2.36. The Morgan fingerprint density at radius 2 is 1.82 bits per heavy atom. The summed E-state index contributed by atoms with van der Waals surface area (Å²) in [5.74, 6) is 6.24.